The van der Waals surface area contributed by atoms with Gasteiger partial charge in [-0.15, -0.1) is 0 Å². The van der Waals surface area contributed by atoms with Crippen molar-refractivity contribution >= 4 is 43.9 Å². The highest BCUT2D eigenvalue weighted by atomic mass is 35.5. The van der Waals surface area contributed by atoms with Crippen LogP contribution in [-0.2, 0) is 16.4 Å². The van der Waals surface area contributed by atoms with Gasteiger partial charge >= 0.3 is 6.18 Å². The molecule has 0 spiro atoms. The van der Waals surface area contributed by atoms with Crippen molar-refractivity contribution < 1.29 is 26.4 Å². The van der Waals surface area contributed by atoms with Crippen molar-refractivity contribution in [1.82, 2.24) is 9.47 Å². The van der Waals surface area contributed by atoms with Crippen LogP contribution in [0.4, 0.5) is 18.9 Å². The number of nitrogens with zero attached hydrogens (tertiary/aromatic N) is 2. The number of hydrogen-bond donors (Lipinski definition) is 1. The fourth-order valence-electron chi connectivity index (χ4n) is 5.12. The Hall–Kier alpha value is -2.56. The lowest BCUT2D eigenvalue weighted by Crippen LogP contribution is -2.38. The molecule has 2 aromatic carbocycles. The van der Waals surface area contributed by atoms with E-state index in [1.54, 1.807) is 19.1 Å². The minimum Gasteiger partial charge on any atom is -0.340 e. The Bertz CT molecular complexity index is 1470. The van der Waals surface area contributed by atoms with Gasteiger partial charge in [-0.05, 0) is 81.2 Å². The zero-order valence-electron chi connectivity index (χ0n) is 20.9. The monoisotopic (exact) mass is 567 g/mol. The molecule has 0 bridgehead atoms. The van der Waals surface area contributed by atoms with E-state index >= 15 is 0 Å². The summed E-state index contributed by atoms with van der Waals surface area (Å²) < 4.78 is 65.7. The van der Waals surface area contributed by atoms with Gasteiger partial charge in [0.2, 0.25) is 0 Å². The van der Waals surface area contributed by atoms with Crippen molar-refractivity contribution in [2.45, 2.75) is 56.3 Å². The van der Waals surface area contributed by atoms with Gasteiger partial charge in [0.15, 0.2) is 9.84 Å². The van der Waals surface area contributed by atoms with Crippen LogP contribution in [0, 0.1) is 5.92 Å². The van der Waals surface area contributed by atoms with Gasteiger partial charge in [0.1, 0.15) is 0 Å². The Morgan fingerprint density at radius 1 is 1.05 bits per heavy atom. The summed E-state index contributed by atoms with van der Waals surface area (Å²) in [5.74, 6) is -1.66. The number of halogens is 4. The summed E-state index contributed by atoms with van der Waals surface area (Å²) in [6, 6.07) is 12.1. The van der Waals surface area contributed by atoms with E-state index in [0.717, 1.165) is 29.4 Å². The van der Waals surface area contributed by atoms with Crippen molar-refractivity contribution in [2.24, 2.45) is 5.92 Å². The number of fused-ring (bicyclic) bond motifs is 1. The second kappa shape index (κ2) is 10.2. The predicted octanol–water partition coefficient (Wildman–Crippen LogP) is 6.45. The molecule has 38 heavy (non-hydrogen) atoms. The van der Waals surface area contributed by atoms with Crippen LogP contribution in [0.2, 0.25) is 5.02 Å². The van der Waals surface area contributed by atoms with Crippen LogP contribution >= 0.6 is 11.6 Å². The minimum atomic E-state index is -4.13. The van der Waals surface area contributed by atoms with Crippen molar-refractivity contribution in [3.05, 3.63) is 58.7 Å². The smallest absolute Gasteiger partial charge is 0.340 e. The van der Waals surface area contributed by atoms with Crippen LogP contribution in [0.1, 0.15) is 54.7 Å². The van der Waals surface area contributed by atoms with Crippen LogP contribution in [0.5, 0.6) is 0 Å². The van der Waals surface area contributed by atoms with E-state index in [0.29, 0.717) is 36.9 Å². The third-order valence-electron chi connectivity index (χ3n) is 7.46. The lowest BCUT2D eigenvalue weighted by molar-refractivity contribution is -0.185. The molecule has 0 radical (unpaired) electrons. The molecule has 2 fully saturated rings. The summed E-state index contributed by atoms with van der Waals surface area (Å²) >= 11 is 6.26. The summed E-state index contributed by atoms with van der Waals surface area (Å²) in [5.41, 5.74) is 2.77. The Balaban J connectivity index is 1.34. The third-order valence-corrected chi connectivity index (χ3v) is 9.50. The summed E-state index contributed by atoms with van der Waals surface area (Å²) in [7, 11) is -3.42. The number of likely N-dealkylation sites (tertiary alicyclic amines) is 1. The summed E-state index contributed by atoms with van der Waals surface area (Å²) in [5, 5.41) is 3.77. The van der Waals surface area contributed by atoms with Gasteiger partial charge in [-0.25, -0.2) is 8.42 Å². The molecule has 5 rings (SSSR count). The van der Waals surface area contributed by atoms with Crippen molar-refractivity contribution in [3.63, 3.8) is 0 Å². The molecule has 1 aliphatic carbocycles. The standard InChI is InChI=1S/C27H29ClF3N3O3S/c1-2-38(36,37)22-6-7-24(23(28)15-22)32-26(35)17-3-8-25-18(13-17)14-21(34(25)20-4-5-20)16-33-11-9-19(10-12-33)27(29,30)31/h3,6-8,13-15,19-20H,2,4-5,9-12,16H2,1H3,(H,32,35). The van der Waals surface area contributed by atoms with Gasteiger partial charge in [-0.2, -0.15) is 13.2 Å². The molecule has 6 nitrogen and oxygen atoms in total. The third kappa shape index (κ3) is 5.58. The average molecular weight is 568 g/mol. The van der Waals surface area contributed by atoms with Crippen LogP contribution in [0.3, 0.4) is 0 Å². The summed E-state index contributed by atoms with van der Waals surface area (Å²) in [6.07, 6.45) is -1.79. The summed E-state index contributed by atoms with van der Waals surface area (Å²) in [6.45, 7) is 2.93. The molecule has 3 aromatic rings. The van der Waals surface area contributed by atoms with E-state index in [4.69, 9.17) is 11.6 Å². The topological polar surface area (TPSA) is 71.4 Å². The zero-order valence-corrected chi connectivity index (χ0v) is 22.5. The van der Waals surface area contributed by atoms with Crippen molar-refractivity contribution in [1.29, 1.82) is 0 Å². The largest absolute Gasteiger partial charge is 0.391 e. The molecule has 2 aliphatic rings. The van der Waals surface area contributed by atoms with Crippen LogP contribution in [0.25, 0.3) is 10.9 Å². The second-order valence-corrected chi connectivity index (χ2v) is 12.8. The Labute approximate surface area is 224 Å². The highest BCUT2D eigenvalue weighted by Gasteiger charge is 2.41. The lowest BCUT2D eigenvalue weighted by Gasteiger charge is -2.33. The fraction of sp³-hybridized carbons (Fsp3) is 0.444. The normalized spacial score (nSPS) is 17.7. The first-order valence-electron chi connectivity index (χ1n) is 12.7. The van der Waals surface area contributed by atoms with Crippen LogP contribution in [0.15, 0.2) is 47.4 Å². The fourth-order valence-corrected chi connectivity index (χ4v) is 6.32. The highest BCUT2D eigenvalue weighted by Crippen LogP contribution is 2.41. The number of rotatable bonds is 7. The van der Waals surface area contributed by atoms with E-state index in [1.807, 2.05) is 12.1 Å². The maximum Gasteiger partial charge on any atom is 0.391 e. The number of amides is 1. The van der Waals surface area contributed by atoms with E-state index in [1.165, 1.54) is 18.2 Å². The number of anilines is 1. The van der Waals surface area contributed by atoms with Gasteiger partial charge in [-0.1, -0.05) is 18.5 Å². The first kappa shape index (κ1) is 27.0. The molecule has 204 valence electrons. The van der Waals surface area contributed by atoms with Crippen molar-refractivity contribution in [2.75, 3.05) is 24.2 Å². The molecule has 11 heteroatoms. The van der Waals surface area contributed by atoms with Gasteiger partial charge in [0.05, 0.1) is 27.3 Å². The molecule has 1 saturated carbocycles. The number of carbonyl (C=O) groups is 1. The number of alkyl halides is 3. The van der Waals surface area contributed by atoms with Gasteiger partial charge < -0.3 is 9.88 Å². The number of aromatic nitrogens is 1. The molecule has 1 amide bonds. The maximum absolute atomic E-state index is 13.1. The Kier molecular flexibility index (Phi) is 7.26. The molecule has 2 heterocycles. The molecule has 0 unspecified atom stereocenters. The van der Waals surface area contributed by atoms with Gasteiger partial charge in [-0.3, -0.25) is 9.69 Å². The Morgan fingerprint density at radius 3 is 2.37 bits per heavy atom. The van der Waals surface area contributed by atoms with Crippen LogP contribution in [-0.4, -0.2) is 48.8 Å². The summed E-state index contributed by atoms with van der Waals surface area (Å²) in [4.78, 5) is 15.2. The molecular weight excluding hydrogens is 539 g/mol. The first-order valence-corrected chi connectivity index (χ1v) is 14.8. The highest BCUT2D eigenvalue weighted by molar-refractivity contribution is 7.91. The number of nitrogens with one attached hydrogen (secondary N) is 1. The quantitative estimate of drug-likeness (QED) is 0.356. The van der Waals surface area contributed by atoms with Gasteiger partial charge in [0.25, 0.3) is 5.91 Å². The number of sulfone groups is 1. The maximum atomic E-state index is 13.1. The SMILES string of the molecule is CCS(=O)(=O)c1ccc(NC(=O)c2ccc3c(c2)cc(CN2CCC(C(F)(F)F)CC2)n3C2CC2)c(Cl)c1. The molecule has 0 atom stereocenters. The molecule has 1 aromatic heterocycles. The number of hydrogen-bond acceptors (Lipinski definition) is 4. The van der Waals surface area contributed by atoms with E-state index < -0.39 is 21.9 Å². The van der Waals surface area contributed by atoms with Gasteiger partial charge in [0, 0.05) is 34.7 Å². The number of carbonyl (C=O) groups excluding carboxylic acids is 1. The first-order chi connectivity index (χ1) is 18.0. The minimum absolute atomic E-state index is 0.0522. The number of benzene rings is 2. The van der Waals surface area contributed by atoms with E-state index in [2.05, 4.69) is 14.8 Å². The van der Waals surface area contributed by atoms with Crippen molar-refractivity contribution in [3.8, 4) is 0 Å². The molecule has 1 N–H and O–H groups in total. The second-order valence-electron chi connectivity index (χ2n) is 10.1. The lowest BCUT2D eigenvalue weighted by atomic mass is 9.96. The number of piperidine rings is 1. The zero-order chi connectivity index (χ0) is 27.2. The van der Waals surface area contributed by atoms with Crippen LogP contribution < -0.4 is 5.32 Å². The van der Waals surface area contributed by atoms with E-state index in [9.17, 15) is 26.4 Å². The average Bonchev–Trinajstić information content (AvgIpc) is 3.65. The molecule has 1 saturated heterocycles. The predicted molar refractivity (Wildman–Crippen MR) is 141 cm³/mol. The Morgan fingerprint density at radius 2 is 1.76 bits per heavy atom. The molecular formula is C27H29ClF3N3O3S. The van der Waals surface area contributed by atoms with E-state index in [-0.39, 0.29) is 34.4 Å². The molecule has 1 aliphatic heterocycles.